The van der Waals surface area contributed by atoms with E-state index in [1.165, 1.54) is 26.1 Å². The molecule has 0 bridgehead atoms. The Labute approximate surface area is 150 Å². The van der Waals surface area contributed by atoms with Crippen LogP contribution < -0.4 is 5.32 Å². The van der Waals surface area contributed by atoms with Crippen molar-refractivity contribution >= 4 is 17.6 Å². The van der Waals surface area contributed by atoms with Crippen LogP contribution in [0.5, 0.6) is 0 Å². The molecule has 6 heteroatoms. The summed E-state index contributed by atoms with van der Waals surface area (Å²) in [7, 11) is 0. The quantitative estimate of drug-likeness (QED) is 0.513. The van der Waals surface area contributed by atoms with Gasteiger partial charge in [0.25, 0.3) is 5.79 Å². The van der Waals surface area contributed by atoms with E-state index < -0.39 is 17.7 Å². The van der Waals surface area contributed by atoms with Crippen LogP contribution in [0.2, 0.25) is 0 Å². The van der Waals surface area contributed by atoms with Crippen LogP contribution in [-0.2, 0) is 19.1 Å². The largest absolute Gasteiger partial charge is 0.419 e. The Morgan fingerprint density at radius 3 is 2.31 bits per heavy atom. The zero-order valence-corrected chi connectivity index (χ0v) is 14.6. The molecule has 1 aliphatic rings. The maximum absolute atomic E-state index is 13.8. The predicted octanol–water partition coefficient (Wildman–Crippen LogP) is 3.93. The Morgan fingerprint density at radius 1 is 1.00 bits per heavy atom. The number of hydrogen-bond acceptors (Lipinski definition) is 5. The van der Waals surface area contributed by atoms with Crippen LogP contribution in [0.1, 0.15) is 19.4 Å². The lowest BCUT2D eigenvalue weighted by molar-refractivity contribution is -0.222. The van der Waals surface area contributed by atoms with E-state index in [0.717, 1.165) is 11.1 Å². The second-order valence-corrected chi connectivity index (χ2v) is 6.43. The Balaban J connectivity index is 1.82. The second-order valence-electron chi connectivity index (χ2n) is 6.43. The average Bonchev–Trinajstić information content (AvgIpc) is 2.56. The minimum absolute atomic E-state index is 0.226. The number of rotatable bonds is 3. The van der Waals surface area contributed by atoms with E-state index >= 15 is 0 Å². The Kier molecular flexibility index (Phi) is 4.50. The summed E-state index contributed by atoms with van der Waals surface area (Å²) in [5.74, 6) is -3.06. The topological polar surface area (TPSA) is 64.6 Å². The van der Waals surface area contributed by atoms with E-state index in [9.17, 15) is 14.0 Å². The van der Waals surface area contributed by atoms with Crippen molar-refractivity contribution in [3.8, 4) is 11.1 Å². The lowest BCUT2D eigenvalue weighted by atomic mass is 10.0. The number of carbonyl (C=O) groups excluding carboxylic acids is 2. The van der Waals surface area contributed by atoms with Gasteiger partial charge in [-0.05, 0) is 41.8 Å². The number of benzene rings is 2. The first-order valence-corrected chi connectivity index (χ1v) is 8.05. The summed E-state index contributed by atoms with van der Waals surface area (Å²) < 4.78 is 23.8. The molecule has 1 N–H and O–H groups in total. The molecule has 3 rings (SSSR count). The number of cyclic esters (lactones) is 2. The molecule has 0 aliphatic carbocycles. The average molecular weight is 355 g/mol. The summed E-state index contributed by atoms with van der Waals surface area (Å²) >= 11 is 0. The van der Waals surface area contributed by atoms with Crippen molar-refractivity contribution in [3.05, 3.63) is 65.6 Å². The van der Waals surface area contributed by atoms with Crippen molar-refractivity contribution in [2.75, 3.05) is 5.32 Å². The minimum atomic E-state index is -1.28. The maximum Gasteiger partial charge on any atom is 0.350 e. The molecule has 5 nitrogen and oxygen atoms in total. The number of carbonyl (C=O) groups is 2. The highest BCUT2D eigenvalue weighted by atomic mass is 19.1. The fourth-order valence-corrected chi connectivity index (χ4v) is 2.49. The summed E-state index contributed by atoms with van der Waals surface area (Å²) in [4.78, 5) is 23.9. The third-order valence-electron chi connectivity index (χ3n) is 3.87. The summed E-state index contributed by atoms with van der Waals surface area (Å²) in [5.41, 5.74) is 2.49. The van der Waals surface area contributed by atoms with Crippen LogP contribution >= 0.6 is 0 Å². The zero-order chi connectivity index (χ0) is 18.9. The van der Waals surface area contributed by atoms with Crippen LogP contribution in [0.25, 0.3) is 11.1 Å². The first kappa shape index (κ1) is 17.7. The van der Waals surface area contributed by atoms with Gasteiger partial charge in [-0.15, -0.1) is 0 Å². The van der Waals surface area contributed by atoms with Crippen molar-refractivity contribution < 1.29 is 23.5 Å². The molecule has 134 valence electrons. The molecule has 0 saturated carbocycles. The van der Waals surface area contributed by atoms with Gasteiger partial charge < -0.3 is 14.8 Å². The van der Waals surface area contributed by atoms with Gasteiger partial charge in [0.1, 0.15) is 5.82 Å². The van der Waals surface area contributed by atoms with Crippen LogP contribution in [0, 0.1) is 12.7 Å². The van der Waals surface area contributed by atoms with Gasteiger partial charge in [0.15, 0.2) is 5.57 Å². The number of halogens is 1. The van der Waals surface area contributed by atoms with Crippen molar-refractivity contribution in [3.63, 3.8) is 0 Å². The van der Waals surface area contributed by atoms with Crippen molar-refractivity contribution in [2.45, 2.75) is 26.6 Å². The molecule has 1 saturated heterocycles. The number of anilines is 1. The van der Waals surface area contributed by atoms with Crippen molar-refractivity contribution in [1.82, 2.24) is 0 Å². The summed E-state index contributed by atoms with van der Waals surface area (Å²) in [6, 6.07) is 12.2. The number of nitrogens with one attached hydrogen (secondary N) is 1. The first-order valence-electron chi connectivity index (χ1n) is 8.05. The molecule has 1 aliphatic heterocycles. The van der Waals surface area contributed by atoms with Gasteiger partial charge in [-0.2, -0.15) is 0 Å². The summed E-state index contributed by atoms with van der Waals surface area (Å²) in [6.45, 7) is 4.67. The molecule has 2 aromatic rings. The predicted molar refractivity (Wildman–Crippen MR) is 94.5 cm³/mol. The standard InChI is InChI=1S/C20H18FNO4/c1-12-7-8-14(10-17(12)21)13-5-4-6-15(9-13)22-11-16-18(23)25-20(2,3)26-19(16)24/h4-11,22H,1-3H3. The van der Waals surface area contributed by atoms with Crippen LogP contribution in [0.3, 0.4) is 0 Å². The number of esters is 2. The number of aryl methyl sites for hydroxylation is 1. The minimum Gasteiger partial charge on any atom is -0.419 e. The number of hydrogen-bond donors (Lipinski definition) is 1. The summed E-state index contributed by atoms with van der Waals surface area (Å²) in [6.07, 6.45) is 1.24. The van der Waals surface area contributed by atoms with Crippen LogP contribution in [0.4, 0.5) is 10.1 Å². The van der Waals surface area contributed by atoms with Gasteiger partial charge in [-0.25, -0.2) is 14.0 Å². The monoisotopic (exact) mass is 355 g/mol. The third-order valence-corrected chi connectivity index (χ3v) is 3.87. The third kappa shape index (κ3) is 3.74. The van der Waals surface area contributed by atoms with E-state index in [1.807, 2.05) is 12.1 Å². The van der Waals surface area contributed by atoms with E-state index in [4.69, 9.17) is 9.47 Å². The van der Waals surface area contributed by atoms with Gasteiger partial charge in [0, 0.05) is 25.7 Å². The Bertz CT molecular complexity index is 896. The van der Waals surface area contributed by atoms with Gasteiger partial charge in [0.2, 0.25) is 0 Å². The molecule has 0 radical (unpaired) electrons. The smallest absolute Gasteiger partial charge is 0.350 e. The molecule has 0 aromatic heterocycles. The van der Waals surface area contributed by atoms with Gasteiger partial charge in [-0.1, -0.05) is 24.3 Å². The fraction of sp³-hybridized carbons (Fsp3) is 0.200. The first-order chi connectivity index (χ1) is 12.2. The SMILES string of the molecule is Cc1ccc(-c2cccc(NC=C3C(=O)OC(C)(C)OC3=O)c2)cc1F. The van der Waals surface area contributed by atoms with Crippen molar-refractivity contribution in [1.29, 1.82) is 0 Å². The van der Waals surface area contributed by atoms with Gasteiger partial charge in [-0.3, -0.25) is 0 Å². The lowest BCUT2D eigenvalue weighted by Crippen LogP contribution is -2.42. The van der Waals surface area contributed by atoms with E-state index in [1.54, 1.807) is 31.2 Å². The van der Waals surface area contributed by atoms with Gasteiger partial charge in [0.05, 0.1) is 0 Å². The van der Waals surface area contributed by atoms with Crippen LogP contribution in [-0.4, -0.2) is 17.7 Å². The normalized spacial score (nSPS) is 15.9. The summed E-state index contributed by atoms with van der Waals surface area (Å²) in [5, 5.41) is 2.88. The van der Waals surface area contributed by atoms with Gasteiger partial charge >= 0.3 is 11.9 Å². The lowest BCUT2D eigenvalue weighted by Gasteiger charge is -2.29. The molecule has 1 heterocycles. The van der Waals surface area contributed by atoms with E-state index in [-0.39, 0.29) is 11.4 Å². The molecular formula is C20H18FNO4. The maximum atomic E-state index is 13.8. The van der Waals surface area contributed by atoms with Crippen molar-refractivity contribution in [2.24, 2.45) is 0 Å². The highest BCUT2D eigenvalue weighted by Crippen LogP contribution is 2.26. The Morgan fingerprint density at radius 2 is 1.65 bits per heavy atom. The molecule has 0 atom stereocenters. The molecule has 0 unspecified atom stereocenters. The highest BCUT2D eigenvalue weighted by molar-refractivity contribution is 6.15. The second kappa shape index (κ2) is 6.63. The fourth-order valence-electron chi connectivity index (χ4n) is 2.49. The highest BCUT2D eigenvalue weighted by Gasteiger charge is 2.38. The molecular weight excluding hydrogens is 337 g/mol. The number of ether oxygens (including phenoxy) is 2. The van der Waals surface area contributed by atoms with Crippen LogP contribution in [0.15, 0.2) is 54.2 Å². The Hall–Kier alpha value is -3.15. The zero-order valence-electron chi connectivity index (χ0n) is 14.6. The molecule has 26 heavy (non-hydrogen) atoms. The van der Waals surface area contributed by atoms with E-state index in [0.29, 0.717) is 11.3 Å². The molecule has 2 aromatic carbocycles. The molecule has 1 fully saturated rings. The molecule has 0 spiro atoms. The van der Waals surface area contributed by atoms with E-state index in [2.05, 4.69) is 5.32 Å². The molecule has 0 amide bonds.